The Balaban J connectivity index is 2.91. The zero-order valence-electron chi connectivity index (χ0n) is 15.6. The number of unbranched alkanes of at least 4 members (excludes halogenated alkanes) is 17. The second-order valence-electron chi connectivity index (χ2n) is 6.92. The molecule has 0 aliphatic heterocycles. The Hall–Kier alpha value is -0.0400. The van der Waals surface area contributed by atoms with Crippen molar-refractivity contribution in [3.05, 3.63) is 7.11 Å². The summed E-state index contributed by atoms with van der Waals surface area (Å²) >= 11 is 0. The molecular formula is C21H43O. The van der Waals surface area contributed by atoms with Crippen LogP contribution in [0.2, 0.25) is 0 Å². The van der Waals surface area contributed by atoms with Crippen molar-refractivity contribution in [2.75, 3.05) is 6.61 Å². The van der Waals surface area contributed by atoms with Crippen LogP contribution in [-0.4, -0.2) is 6.61 Å². The Morgan fingerprint density at radius 1 is 0.455 bits per heavy atom. The van der Waals surface area contributed by atoms with Gasteiger partial charge in [-0.1, -0.05) is 116 Å². The molecule has 0 bridgehead atoms. The molecule has 0 fully saturated rings. The lowest BCUT2D eigenvalue weighted by Crippen LogP contribution is -1.87. The Morgan fingerprint density at radius 2 is 0.727 bits per heavy atom. The molecule has 0 rings (SSSR count). The first kappa shape index (κ1) is 22.0. The standard InChI is InChI=1S/C21H43O/c1-3-4-5-6-7-8-9-10-11-12-13-14-15-16-17-18-19-20-21-22-2/h2-21H2,1H3. The van der Waals surface area contributed by atoms with Gasteiger partial charge in [0.2, 0.25) is 0 Å². The molecule has 0 aliphatic rings. The van der Waals surface area contributed by atoms with Crippen LogP contribution in [0.3, 0.4) is 0 Å². The zero-order valence-corrected chi connectivity index (χ0v) is 15.6. The first-order chi connectivity index (χ1) is 10.9. The fourth-order valence-electron chi connectivity index (χ4n) is 3.11. The molecule has 0 saturated heterocycles. The van der Waals surface area contributed by atoms with Crippen LogP contribution in [0.1, 0.15) is 122 Å². The lowest BCUT2D eigenvalue weighted by molar-refractivity contribution is 0.233. The minimum atomic E-state index is 0.832. The first-order valence-electron chi connectivity index (χ1n) is 10.3. The fourth-order valence-corrected chi connectivity index (χ4v) is 3.11. The van der Waals surface area contributed by atoms with Crippen molar-refractivity contribution >= 4 is 0 Å². The highest BCUT2D eigenvalue weighted by Crippen LogP contribution is 2.14. The average molecular weight is 312 g/mol. The van der Waals surface area contributed by atoms with Gasteiger partial charge in [0, 0.05) is 6.61 Å². The van der Waals surface area contributed by atoms with Crippen molar-refractivity contribution in [1.29, 1.82) is 0 Å². The van der Waals surface area contributed by atoms with Crippen LogP contribution in [0.15, 0.2) is 0 Å². The molecule has 1 nitrogen and oxygen atoms in total. The molecule has 1 radical (unpaired) electrons. The summed E-state index contributed by atoms with van der Waals surface area (Å²) in [7, 11) is 3.40. The maximum atomic E-state index is 4.82. The predicted molar refractivity (Wildman–Crippen MR) is 100 cm³/mol. The lowest BCUT2D eigenvalue weighted by atomic mass is 10.0. The summed E-state index contributed by atoms with van der Waals surface area (Å²) in [6.07, 6.45) is 25.7. The molecule has 0 unspecified atom stereocenters. The van der Waals surface area contributed by atoms with Gasteiger partial charge in [-0.15, -0.1) is 0 Å². The van der Waals surface area contributed by atoms with Gasteiger partial charge in [0.05, 0.1) is 7.11 Å². The highest BCUT2D eigenvalue weighted by molar-refractivity contribution is 4.50. The second kappa shape index (κ2) is 21.0. The summed E-state index contributed by atoms with van der Waals surface area (Å²) in [6.45, 7) is 3.12. The van der Waals surface area contributed by atoms with Gasteiger partial charge in [-0.2, -0.15) is 0 Å². The van der Waals surface area contributed by atoms with E-state index in [9.17, 15) is 0 Å². The zero-order chi connectivity index (χ0) is 16.1. The molecule has 22 heavy (non-hydrogen) atoms. The maximum absolute atomic E-state index is 4.82. The summed E-state index contributed by atoms with van der Waals surface area (Å²) in [5, 5.41) is 0. The number of hydrogen-bond acceptors (Lipinski definition) is 1. The molecule has 0 heterocycles. The molecule has 133 valence electrons. The normalized spacial score (nSPS) is 11.2. The molecule has 0 N–H and O–H groups in total. The van der Waals surface area contributed by atoms with Crippen LogP contribution >= 0.6 is 0 Å². The number of rotatable bonds is 19. The Kier molecular flexibility index (Phi) is 20.9. The Morgan fingerprint density at radius 3 is 1.00 bits per heavy atom. The van der Waals surface area contributed by atoms with Crippen LogP contribution < -0.4 is 0 Å². The molecule has 0 amide bonds. The largest absolute Gasteiger partial charge is 0.379 e. The third kappa shape index (κ3) is 20.0. The van der Waals surface area contributed by atoms with E-state index in [1.807, 2.05) is 0 Å². The number of hydrogen-bond donors (Lipinski definition) is 0. The lowest BCUT2D eigenvalue weighted by Gasteiger charge is -2.03. The third-order valence-electron chi connectivity index (χ3n) is 4.64. The molecule has 0 spiro atoms. The number of ether oxygens (including phenoxy) is 1. The van der Waals surface area contributed by atoms with Crippen LogP contribution in [0, 0.1) is 7.11 Å². The van der Waals surface area contributed by atoms with Crippen molar-refractivity contribution in [1.82, 2.24) is 0 Å². The van der Waals surface area contributed by atoms with Gasteiger partial charge in [-0.25, -0.2) is 0 Å². The fraction of sp³-hybridized carbons (Fsp3) is 0.952. The summed E-state index contributed by atoms with van der Waals surface area (Å²) in [6, 6.07) is 0. The third-order valence-corrected chi connectivity index (χ3v) is 4.64. The van der Waals surface area contributed by atoms with Crippen LogP contribution in [0.4, 0.5) is 0 Å². The minimum Gasteiger partial charge on any atom is -0.379 e. The van der Waals surface area contributed by atoms with Gasteiger partial charge in [0.1, 0.15) is 0 Å². The summed E-state index contributed by atoms with van der Waals surface area (Å²) in [5.41, 5.74) is 0. The van der Waals surface area contributed by atoms with Crippen molar-refractivity contribution in [3.8, 4) is 0 Å². The average Bonchev–Trinajstić information content (AvgIpc) is 2.54. The molecule has 0 saturated carbocycles. The van der Waals surface area contributed by atoms with Crippen molar-refractivity contribution < 1.29 is 4.74 Å². The van der Waals surface area contributed by atoms with E-state index in [0.717, 1.165) is 6.61 Å². The molecule has 0 atom stereocenters. The monoisotopic (exact) mass is 311 g/mol. The van der Waals surface area contributed by atoms with Gasteiger partial charge in [-0.05, 0) is 6.42 Å². The Labute approximate surface area is 141 Å². The van der Waals surface area contributed by atoms with Gasteiger partial charge in [0.15, 0.2) is 0 Å². The molecular weight excluding hydrogens is 268 g/mol. The minimum absolute atomic E-state index is 0.832. The molecule has 0 aliphatic carbocycles. The van der Waals surface area contributed by atoms with Crippen LogP contribution in [0.25, 0.3) is 0 Å². The van der Waals surface area contributed by atoms with E-state index in [1.54, 1.807) is 0 Å². The summed E-state index contributed by atoms with van der Waals surface area (Å²) in [5.74, 6) is 0. The quantitative estimate of drug-likeness (QED) is 0.221. The van der Waals surface area contributed by atoms with E-state index in [2.05, 4.69) is 14.0 Å². The van der Waals surface area contributed by atoms with Gasteiger partial charge in [0.25, 0.3) is 0 Å². The highest BCUT2D eigenvalue weighted by atomic mass is 16.5. The van der Waals surface area contributed by atoms with Crippen molar-refractivity contribution in [2.45, 2.75) is 122 Å². The predicted octanol–water partition coefficient (Wildman–Crippen LogP) is 7.84. The van der Waals surface area contributed by atoms with E-state index in [0.29, 0.717) is 0 Å². The van der Waals surface area contributed by atoms with Crippen LogP contribution in [0.5, 0.6) is 0 Å². The maximum Gasteiger partial charge on any atom is 0.0700 e. The molecule has 0 aromatic rings. The van der Waals surface area contributed by atoms with E-state index < -0.39 is 0 Å². The van der Waals surface area contributed by atoms with E-state index >= 15 is 0 Å². The SMILES string of the molecule is [CH2]OCCCCCCCCCCCCCCCCCCCC. The van der Waals surface area contributed by atoms with Gasteiger partial charge >= 0.3 is 0 Å². The molecule has 0 aromatic carbocycles. The van der Waals surface area contributed by atoms with Crippen molar-refractivity contribution in [2.24, 2.45) is 0 Å². The summed E-state index contributed by atoms with van der Waals surface area (Å²) < 4.78 is 4.82. The van der Waals surface area contributed by atoms with Crippen molar-refractivity contribution in [3.63, 3.8) is 0 Å². The molecule has 0 aromatic heterocycles. The van der Waals surface area contributed by atoms with E-state index in [1.165, 1.54) is 116 Å². The summed E-state index contributed by atoms with van der Waals surface area (Å²) in [4.78, 5) is 0. The van der Waals surface area contributed by atoms with Gasteiger partial charge in [-0.3, -0.25) is 0 Å². The highest BCUT2D eigenvalue weighted by Gasteiger charge is 1.94. The van der Waals surface area contributed by atoms with E-state index in [4.69, 9.17) is 4.74 Å². The van der Waals surface area contributed by atoms with Gasteiger partial charge < -0.3 is 4.74 Å². The smallest absolute Gasteiger partial charge is 0.0700 e. The van der Waals surface area contributed by atoms with Crippen LogP contribution in [-0.2, 0) is 4.74 Å². The molecule has 1 heteroatoms. The second-order valence-corrected chi connectivity index (χ2v) is 6.92. The van der Waals surface area contributed by atoms with E-state index in [-0.39, 0.29) is 0 Å². The first-order valence-corrected chi connectivity index (χ1v) is 10.3. The Bertz CT molecular complexity index is 159. The topological polar surface area (TPSA) is 9.23 Å².